The van der Waals surface area contributed by atoms with Gasteiger partial charge in [-0.2, -0.15) is 4.31 Å². The molecule has 1 aliphatic heterocycles. The van der Waals surface area contributed by atoms with E-state index in [-0.39, 0.29) is 18.4 Å². The Bertz CT molecular complexity index is 1130. The van der Waals surface area contributed by atoms with Crippen LogP contribution >= 0.6 is 11.3 Å². The first-order valence-electron chi connectivity index (χ1n) is 9.41. The summed E-state index contributed by atoms with van der Waals surface area (Å²) in [7, 11) is -1.93. The quantitative estimate of drug-likeness (QED) is 0.665. The van der Waals surface area contributed by atoms with Crippen molar-refractivity contribution in [3.8, 4) is 5.75 Å². The topological polar surface area (TPSA) is 75.7 Å². The number of carbonyl (C=O) groups is 1. The van der Waals surface area contributed by atoms with Crippen molar-refractivity contribution in [2.24, 2.45) is 5.92 Å². The zero-order valence-corrected chi connectivity index (χ0v) is 17.6. The van der Waals surface area contributed by atoms with Crippen LogP contribution in [0.4, 0.5) is 5.69 Å². The highest BCUT2D eigenvalue weighted by molar-refractivity contribution is 7.91. The van der Waals surface area contributed by atoms with Crippen LogP contribution < -0.4 is 10.1 Å². The first-order valence-corrected chi connectivity index (χ1v) is 11.7. The van der Waals surface area contributed by atoms with Gasteiger partial charge in [0.25, 0.3) is 10.0 Å². The monoisotopic (exact) mass is 430 g/mol. The lowest BCUT2D eigenvalue weighted by Crippen LogP contribution is -2.43. The largest absolute Gasteiger partial charge is 0.496 e. The molecule has 1 saturated heterocycles. The molecule has 0 aliphatic carbocycles. The molecule has 152 valence electrons. The molecule has 1 N–H and O–H groups in total. The molecular formula is C21H22N2O4S2. The van der Waals surface area contributed by atoms with Crippen LogP contribution in [-0.2, 0) is 14.8 Å². The number of amides is 1. The summed E-state index contributed by atoms with van der Waals surface area (Å²) in [5.74, 6) is 0.190. The summed E-state index contributed by atoms with van der Waals surface area (Å²) < 4.78 is 32.8. The summed E-state index contributed by atoms with van der Waals surface area (Å²) in [6.45, 7) is 0.635. The van der Waals surface area contributed by atoms with Gasteiger partial charge in [0, 0.05) is 29.5 Å². The molecule has 3 aromatic rings. The third kappa shape index (κ3) is 3.88. The number of rotatable bonds is 5. The maximum atomic E-state index is 13.0. The van der Waals surface area contributed by atoms with Gasteiger partial charge < -0.3 is 10.1 Å². The van der Waals surface area contributed by atoms with Gasteiger partial charge in [0.2, 0.25) is 5.91 Å². The molecule has 4 rings (SSSR count). The molecule has 0 saturated carbocycles. The summed E-state index contributed by atoms with van der Waals surface area (Å²) in [6, 6.07) is 14.7. The standard InChI is InChI=1S/C21H22N2O4S2/c1-27-19-11-10-18(16-7-2-3-8-17(16)19)22-21(24)15-6-4-12-23(14-15)29(25,26)20-9-5-13-28-20/h2-3,5,7-11,13,15H,4,6,12,14H2,1H3,(H,22,24). The normalized spacial score (nSPS) is 17.9. The minimum atomic E-state index is -3.55. The number of nitrogens with zero attached hydrogens (tertiary/aromatic N) is 1. The highest BCUT2D eigenvalue weighted by atomic mass is 32.2. The number of hydrogen-bond donors (Lipinski definition) is 1. The van der Waals surface area contributed by atoms with Crippen molar-refractivity contribution < 1.29 is 17.9 Å². The fourth-order valence-corrected chi connectivity index (χ4v) is 6.37. The Labute approximate surface area is 174 Å². The molecule has 0 bridgehead atoms. The summed E-state index contributed by atoms with van der Waals surface area (Å²) in [6.07, 6.45) is 1.32. The number of fused-ring (bicyclic) bond motifs is 1. The lowest BCUT2D eigenvalue weighted by atomic mass is 9.98. The van der Waals surface area contributed by atoms with Crippen LogP contribution in [0.1, 0.15) is 12.8 Å². The van der Waals surface area contributed by atoms with E-state index in [4.69, 9.17) is 4.74 Å². The van der Waals surface area contributed by atoms with Crippen molar-refractivity contribution in [1.82, 2.24) is 4.31 Å². The number of nitrogens with one attached hydrogen (secondary N) is 1. The third-order valence-corrected chi connectivity index (χ3v) is 8.44. The van der Waals surface area contributed by atoms with Crippen molar-refractivity contribution in [3.05, 3.63) is 53.9 Å². The minimum absolute atomic E-state index is 0.161. The van der Waals surface area contributed by atoms with Gasteiger partial charge in [0.1, 0.15) is 9.96 Å². The number of ether oxygens (including phenoxy) is 1. The molecule has 1 amide bonds. The molecule has 6 nitrogen and oxygen atoms in total. The van der Waals surface area contributed by atoms with E-state index in [2.05, 4.69) is 5.32 Å². The van der Waals surface area contributed by atoms with Crippen LogP contribution in [0, 0.1) is 5.92 Å². The maximum Gasteiger partial charge on any atom is 0.252 e. The fourth-order valence-electron chi connectivity index (χ4n) is 3.71. The molecule has 1 fully saturated rings. The molecule has 0 radical (unpaired) electrons. The van der Waals surface area contributed by atoms with Gasteiger partial charge in [0.15, 0.2) is 0 Å². The minimum Gasteiger partial charge on any atom is -0.496 e. The molecular weight excluding hydrogens is 408 g/mol. The van der Waals surface area contributed by atoms with Crippen molar-refractivity contribution in [2.75, 3.05) is 25.5 Å². The van der Waals surface area contributed by atoms with Crippen molar-refractivity contribution in [3.63, 3.8) is 0 Å². The number of sulfonamides is 1. The van der Waals surface area contributed by atoms with Crippen molar-refractivity contribution in [1.29, 1.82) is 0 Å². The maximum absolute atomic E-state index is 13.0. The first kappa shape index (κ1) is 19.9. The highest BCUT2D eigenvalue weighted by Crippen LogP contribution is 2.32. The van der Waals surface area contributed by atoms with Gasteiger partial charge in [-0.1, -0.05) is 30.3 Å². The van der Waals surface area contributed by atoms with E-state index in [1.165, 1.54) is 15.6 Å². The van der Waals surface area contributed by atoms with Crippen molar-refractivity contribution >= 4 is 43.7 Å². The molecule has 2 aromatic carbocycles. The molecule has 1 atom stereocenters. The summed E-state index contributed by atoms with van der Waals surface area (Å²) in [4.78, 5) is 13.0. The van der Waals surface area contributed by atoms with E-state index in [0.29, 0.717) is 29.3 Å². The highest BCUT2D eigenvalue weighted by Gasteiger charge is 2.34. The molecule has 0 spiro atoms. The predicted octanol–water partition coefficient (Wildman–Crippen LogP) is 3.95. The number of thiophene rings is 1. The number of carbonyl (C=O) groups excluding carboxylic acids is 1. The van der Waals surface area contributed by atoms with Gasteiger partial charge in [-0.3, -0.25) is 4.79 Å². The smallest absolute Gasteiger partial charge is 0.252 e. The lowest BCUT2D eigenvalue weighted by Gasteiger charge is -2.30. The second-order valence-electron chi connectivity index (χ2n) is 6.98. The number of anilines is 1. The van der Waals surface area contributed by atoms with Crippen LogP contribution in [0.2, 0.25) is 0 Å². The van der Waals surface area contributed by atoms with E-state index in [1.807, 2.05) is 36.4 Å². The van der Waals surface area contributed by atoms with E-state index in [1.54, 1.807) is 24.6 Å². The van der Waals surface area contributed by atoms with Crippen LogP contribution in [0.5, 0.6) is 5.75 Å². The van der Waals surface area contributed by atoms with Crippen LogP contribution in [0.15, 0.2) is 58.1 Å². The Morgan fingerprint density at radius 2 is 1.93 bits per heavy atom. The van der Waals surface area contributed by atoms with Crippen molar-refractivity contribution in [2.45, 2.75) is 17.1 Å². The number of hydrogen-bond acceptors (Lipinski definition) is 5. The van der Waals surface area contributed by atoms with E-state index in [9.17, 15) is 13.2 Å². The molecule has 1 aromatic heterocycles. The zero-order chi connectivity index (χ0) is 20.4. The molecule has 8 heteroatoms. The Kier molecular flexibility index (Phi) is 5.58. The average Bonchev–Trinajstić information content (AvgIpc) is 3.30. The Morgan fingerprint density at radius 3 is 2.66 bits per heavy atom. The van der Waals surface area contributed by atoms with Crippen LogP contribution in [0.25, 0.3) is 10.8 Å². The van der Waals surface area contributed by atoms with Crippen LogP contribution in [-0.4, -0.2) is 38.8 Å². The number of benzene rings is 2. The number of piperidine rings is 1. The van der Waals surface area contributed by atoms with Gasteiger partial charge in [-0.25, -0.2) is 8.42 Å². The number of methoxy groups -OCH3 is 1. The van der Waals surface area contributed by atoms with Gasteiger partial charge in [-0.15, -0.1) is 11.3 Å². The summed E-state index contributed by atoms with van der Waals surface area (Å²) in [5.41, 5.74) is 0.699. The second-order valence-corrected chi connectivity index (χ2v) is 10.1. The van der Waals surface area contributed by atoms with Crippen LogP contribution in [0.3, 0.4) is 0 Å². The van der Waals surface area contributed by atoms with E-state index in [0.717, 1.165) is 16.5 Å². The lowest BCUT2D eigenvalue weighted by molar-refractivity contribution is -0.120. The van der Waals surface area contributed by atoms with Gasteiger partial charge in [-0.05, 0) is 36.4 Å². The first-order chi connectivity index (χ1) is 14.0. The molecule has 2 heterocycles. The Balaban J connectivity index is 1.54. The van der Waals surface area contributed by atoms with Gasteiger partial charge >= 0.3 is 0 Å². The third-order valence-electron chi connectivity index (χ3n) is 5.21. The van der Waals surface area contributed by atoms with E-state index < -0.39 is 10.0 Å². The average molecular weight is 431 g/mol. The summed E-state index contributed by atoms with van der Waals surface area (Å²) >= 11 is 1.20. The Morgan fingerprint density at radius 1 is 1.14 bits per heavy atom. The van der Waals surface area contributed by atoms with E-state index >= 15 is 0 Å². The zero-order valence-electron chi connectivity index (χ0n) is 16.0. The summed E-state index contributed by atoms with van der Waals surface area (Å²) in [5, 5.41) is 6.55. The SMILES string of the molecule is COc1ccc(NC(=O)C2CCCN(S(=O)(=O)c3cccs3)C2)c2ccccc12. The predicted molar refractivity (Wildman–Crippen MR) is 115 cm³/mol. The molecule has 1 aliphatic rings. The molecule has 29 heavy (non-hydrogen) atoms. The second kappa shape index (κ2) is 8.14. The Hall–Kier alpha value is -2.42. The molecule has 1 unspecified atom stereocenters. The fraction of sp³-hybridized carbons (Fsp3) is 0.286. The van der Waals surface area contributed by atoms with Gasteiger partial charge in [0.05, 0.1) is 13.0 Å².